The fourth-order valence-corrected chi connectivity index (χ4v) is 3.43. The van der Waals surface area contributed by atoms with Gasteiger partial charge in [0.2, 0.25) is 5.91 Å². The molecule has 3 amide bonds. The Morgan fingerprint density at radius 1 is 1.06 bits per heavy atom. The molecule has 5 N–H and O–H groups in total. The quantitative estimate of drug-likeness (QED) is 0.501. The van der Waals surface area contributed by atoms with Gasteiger partial charge in [-0.05, 0) is 61.7 Å². The molecule has 8 heteroatoms. The van der Waals surface area contributed by atoms with Crippen molar-refractivity contribution in [2.45, 2.75) is 26.7 Å². The minimum Gasteiger partial charge on any atom is -0.398 e. The second kappa shape index (κ2) is 8.43. The lowest BCUT2D eigenvalue weighted by Gasteiger charge is -2.16. The lowest BCUT2D eigenvalue weighted by atomic mass is 9.90. The summed E-state index contributed by atoms with van der Waals surface area (Å²) in [4.78, 5) is 42.8. The number of aromatic nitrogens is 1. The van der Waals surface area contributed by atoms with E-state index in [0.717, 1.165) is 21.6 Å². The molecule has 0 saturated heterocycles. The fourth-order valence-electron chi connectivity index (χ4n) is 3.43. The van der Waals surface area contributed by atoms with Gasteiger partial charge in [0, 0.05) is 30.7 Å². The Kier molecular flexibility index (Phi) is 5.92. The first kappa shape index (κ1) is 21.8. The van der Waals surface area contributed by atoms with Crippen LogP contribution in [0.3, 0.4) is 0 Å². The van der Waals surface area contributed by atoms with Crippen LogP contribution in [-0.2, 0) is 4.79 Å². The molecule has 0 unspecified atom stereocenters. The monoisotopic (exact) mass is 419 g/mol. The number of nitrogens with one attached hydrogen (secondary N) is 1. The Balaban J connectivity index is 1.81. The van der Waals surface area contributed by atoms with E-state index in [9.17, 15) is 14.4 Å². The SMILES string of the molecule is Cc1cncc(/C(N)=C/C=C(\N)NC(=O)[C@@H](C)c2cc(C)cc3c2C(=O)N(C)C3=O)c1. The lowest BCUT2D eigenvalue weighted by Crippen LogP contribution is -2.32. The summed E-state index contributed by atoms with van der Waals surface area (Å²) in [5.74, 6) is -1.79. The number of nitrogens with two attached hydrogens (primary N) is 2. The Morgan fingerprint density at radius 2 is 1.77 bits per heavy atom. The molecule has 0 aliphatic carbocycles. The van der Waals surface area contributed by atoms with Gasteiger partial charge in [-0.2, -0.15) is 0 Å². The average molecular weight is 419 g/mol. The summed E-state index contributed by atoms with van der Waals surface area (Å²) >= 11 is 0. The number of nitrogens with zero attached hydrogens (tertiary/aromatic N) is 2. The van der Waals surface area contributed by atoms with Gasteiger partial charge in [-0.15, -0.1) is 0 Å². The molecule has 1 aliphatic heterocycles. The number of aryl methyl sites for hydroxylation is 2. The molecule has 1 aromatic carbocycles. The van der Waals surface area contributed by atoms with Crippen molar-refractivity contribution < 1.29 is 14.4 Å². The van der Waals surface area contributed by atoms with E-state index in [0.29, 0.717) is 16.8 Å². The molecule has 160 valence electrons. The highest BCUT2D eigenvalue weighted by Gasteiger charge is 2.37. The zero-order chi connectivity index (χ0) is 22.9. The maximum absolute atomic E-state index is 12.8. The van der Waals surface area contributed by atoms with Gasteiger partial charge < -0.3 is 16.8 Å². The first-order valence-corrected chi connectivity index (χ1v) is 9.73. The second-order valence-electron chi connectivity index (χ2n) is 7.65. The van der Waals surface area contributed by atoms with Crippen molar-refractivity contribution in [2.75, 3.05) is 7.05 Å². The second-order valence-corrected chi connectivity index (χ2v) is 7.65. The Labute approximate surface area is 180 Å². The number of fused-ring (bicyclic) bond motifs is 1. The molecule has 0 radical (unpaired) electrons. The van der Waals surface area contributed by atoms with Gasteiger partial charge in [0.1, 0.15) is 5.82 Å². The van der Waals surface area contributed by atoms with E-state index in [1.54, 1.807) is 37.5 Å². The Hall–Kier alpha value is -3.94. The van der Waals surface area contributed by atoms with Crippen LogP contribution >= 0.6 is 0 Å². The highest BCUT2D eigenvalue weighted by Crippen LogP contribution is 2.31. The van der Waals surface area contributed by atoms with E-state index >= 15 is 0 Å². The number of carbonyl (C=O) groups is 3. The van der Waals surface area contributed by atoms with Crippen LogP contribution in [0.15, 0.2) is 48.6 Å². The average Bonchev–Trinajstić information content (AvgIpc) is 2.94. The molecule has 2 heterocycles. The van der Waals surface area contributed by atoms with Gasteiger partial charge in [-0.1, -0.05) is 6.07 Å². The number of imide groups is 1. The van der Waals surface area contributed by atoms with Crippen LogP contribution in [0.5, 0.6) is 0 Å². The third-order valence-electron chi connectivity index (χ3n) is 5.14. The molecule has 8 nitrogen and oxygen atoms in total. The van der Waals surface area contributed by atoms with E-state index in [1.807, 2.05) is 19.9 Å². The van der Waals surface area contributed by atoms with E-state index in [4.69, 9.17) is 11.5 Å². The van der Waals surface area contributed by atoms with Crippen LogP contribution in [0.25, 0.3) is 5.70 Å². The summed E-state index contributed by atoms with van der Waals surface area (Å²) in [6, 6.07) is 5.29. The van der Waals surface area contributed by atoms with E-state index in [1.165, 1.54) is 13.1 Å². The van der Waals surface area contributed by atoms with Gasteiger partial charge in [-0.25, -0.2) is 0 Å². The molecule has 0 saturated carbocycles. The standard InChI is InChI=1S/C23H25N5O3/c1-12-8-16(20-17(9-12)22(30)28(4)23(20)31)14(3)21(29)27-19(25)6-5-18(24)15-7-13(2)10-26-11-15/h5-11,14H,24-25H2,1-4H3,(H,27,29)/b18-5-,19-6+/t14-/m0/s1. The van der Waals surface area contributed by atoms with Crippen molar-refractivity contribution >= 4 is 23.4 Å². The summed E-state index contributed by atoms with van der Waals surface area (Å²) in [5, 5.41) is 2.62. The molecule has 0 fully saturated rings. The highest BCUT2D eigenvalue weighted by molar-refractivity contribution is 6.22. The van der Waals surface area contributed by atoms with E-state index in [-0.39, 0.29) is 17.3 Å². The normalized spacial score (nSPS) is 15.2. The molecular formula is C23H25N5O3. The third-order valence-corrected chi connectivity index (χ3v) is 5.14. The van der Waals surface area contributed by atoms with Crippen LogP contribution in [0.2, 0.25) is 0 Å². The van der Waals surface area contributed by atoms with Crippen molar-refractivity contribution in [1.82, 2.24) is 15.2 Å². The van der Waals surface area contributed by atoms with Gasteiger partial charge in [-0.3, -0.25) is 24.3 Å². The fraction of sp³-hybridized carbons (Fsp3) is 0.217. The van der Waals surface area contributed by atoms with E-state index in [2.05, 4.69) is 10.3 Å². The van der Waals surface area contributed by atoms with Crippen LogP contribution in [0.1, 0.15) is 55.8 Å². The van der Waals surface area contributed by atoms with Gasteiger partial charge in [0.25, 0.3) is 11.8 Å². The minimum absolute atomic E-state index is 0.101. The van der Waals surface area contributed by atoms with Crippen LogP contribution < -0.4 is 16.8 Å². The molecule has 0 bridgehead atoms. The zero-order valence-electron chi connectivity index (χ0n) is 17.9. The van der Waals surface area contributed by atoms with Crippen molar-refractivity contribution in [3.8, 4) is 0 Å². The molecule has 1 aromatic heterocycles. The summed E-state index contributed by atoms with van der Waals surface area (Å²) in [5.41, 5.74) is 16.0. The maximum Gasteiger partial charge on any atom is 0.261 e. The summed E-state index contributed by atoms with van der Waals surface area (Å²) in [6.45, 7) is 5.39. The summed E-state index contributed by atoms with van der Waals surface area (Å²) in [7, 11) is 1.43. The molecule has 1 atom stereocenters. The van der Waals surface area contributed by atoms with Crippen LogP contribution in [-0.4, -0.2) is 34.7 Å². The number of carbonyl (C=O) groups excluding carboxylic acids is 3. The predicted molar refractivity (Wildman–Crippen MR) is 118 cm³/mol. The van der Waals surface area contributed by atoms with Gasteiger partial charge >= 0.3 is 0 Å². The summed E-state index contributed by atoms with van der Waals surface area (Å²) < 4.78 is 0. The molecular weight excluding hydrogens is 394 g/mol. The Bertz CT molecular complexity index is 1150. The van der Waals surface area contributed by atoms with Crippen LogP contribution in [0.4, 0.5) is 0 Å². The highest BCUT2D eigenvalue weighted by atomic mass is 16.2. The number of hydrogen-bond donors (Lipinski definition) is 3. The summed E-state index contributed by atoms with van der Waals surface area (Å²) in [6.07, 6.45) is 6.43. The number of rotatable bonds is 5. The van der Waals surface area contributed by atoms with Crippen molar-refractivity contribution in [3.63, 3.8) is 0 Å². The van der Waals surface area contributed by atoms with Gasteiger partial charge in [0.05, 0.1) is 17.0 Å². The first-order valence-electron chi connectivity index (χ1n) is 9.73. The molecule has 1 aliphatic rings. The molecule has 2 aromatic rings. The van der Waals surface area contributed by atoms with Crippen LogP contribution in [0, 0.1) is 13.8 Å². The predicted octanol–water partition coefficient (Wildman–Crippen LogP) is 1.94. The number of allylic oxidation sites excluding steroid dienone is 2. The van der Waals surface area contributed by atoms with E-state index < -0.39 is 17.7 Å². The topological polar surface area (TPSA) is 131 Å². The van der Waals surface area contributed by atoms with Crippen molar-refractivity contribution in [3.05, 3.63) is 81.9 Å². The zero-order valence-corrected chi connectivity index (χ0v) is 17.9. The van der Waals surface area contributed by atoms with Crippen molar-refractivity contribution in [2.24, 2.45) is 11.5 Å². The first-order chi connectivity index (χ1) is 14.6. The van der Waals surface area contributed by atoms with Crippen molar-refractivity contribution in [1.29, 1.82) is 0 Å². The minimum atomic E-state index is -0.703. The maximum atomic E-state index is 12.8. The Morgan fingerprint density at radius 3 is 2.45 bits per heavy atom. The smallest absolute Gasteiger partial charge is 0.261 e. The third kappa shape index (κ3) is 4.32. The lowest BCUT2D eigenvalue weighted by molar-refractivity contribution is -0.121. The number of hydrogen-bond acceptors (Lipinski definition) is 6. The van der Waals surface area contributed by atoms with Gasteiger partial charge in [0.15, 0.2) is 0 Å². The number of pyridine rings is 1. The number of amides is 3. The number of benzene rings is 1. The molecule has 31 heavy (non-hydrogen) atoms. The molecule has 3 rings (SSSR count). The molecule has 0 spiro atoms. The largest absolute Gasteiger partial charge is 0.398 e.